The van der Waals surface area contributed by atoms with Crippen molar-refractivity contribution in [3.8, 4) is 28.3 Å². The molecule has 0 aliphatic rings. The molecule has 0 saturated carbocycles. The Morgan fingerprint density at radius 2 is 1.64 bits per heavy atom. The molecule has 142 valence electrons. The third kappa shape index (κ3) is 3.48. The maximum absolute atomic E-state index is 12.3. The summed E-state index contributed by atoms with van der Waals surface area (Å²) in [5.41, 5.74) is 4.30. The number of alkyl halides is 2. The lowest BCUT2D eigenvalue weighted by Crippen LogP contribution is -2.08. The number of halogens is 2. The normalized spacial score (nSPS) is 11.2. The number of rotatable bonds is 5. The second-order valence-electron chi connectivity index (χ2n) is 6.34. The van der Waals surface area contributed by atoms with E-state index in [0.717, 1.165) is 22.5 Å². The summed E-state index contributed by atoms with van der Waals surface area (Å²) in [6, 6.07) is 16.3. The molecule has 0 aliphatic carbocycles. The van der Waals surface area contributed by atoms with Gasteiger partial charge in [0.2, 0.25) is 0 Å². The fourth-order valence-corrected chi connectivity index (χ4v) is 2.90. The maximum atomic E-state index is 12.3. The van der Waals surface area contributed by atoms with Crippen LogP contribution in [0.2, 0.25) is 0 Å². The van der Waals surface area contributed by atoms with Gasteiger partial charge in [-0.05, 0) is 42.5 Å². The van der Waals surface area contributed by atoms with E-state index in [1.54, 1.807) is 16.6 Å². The standard InChI is InChI=1S/C20H17F2N5O/c1-26(2)15-7-3-14(4-8-15)18-11-17(25-20-23-12-24-27(18)20)13-5-9-16(10-6-13)28-19(21)22/h3-12,19H,1-2H3. The lowest BCUT2D eigenvalue weighted by atomic mass is 10.1. The first-order chi connectivity index (χ1) is 13.5. The van der Waals surface area contributed by atoms with E-state index < -0.39 is 6.61 Å². The third-order valence-corrected chi connectivity index (χ3v) is 4.31. The Labute approximate surface area is 160 Å². The van der Waals surface area contributed by atoms with Gasteiger partial charge in [-0.1, -0.05) is 12.1 Å². The van der Waals surface area contributed by atoms with Crippen LogP contribution in [0.5, 0.6) is 5.75 Å². The highest BCUT2D eigenvalue weighted by molar-refractivity contribution is 5.71. The first kappa shape index (κ1) is 17.8. The van der Waals surface area contributed by atoms with Gasteiger partial charge in [-0.25, -0.2) is 4.98 Å². The Balaban J connectivity index is 1.77. The van der Waals surface area contributed by atoms with E-state index in [0.29, 0.717) is 11.5 Å². The van der Waals surface area contributed by atoms with Crippen LogP contribution in [-0.2, 0) is 0 Å². The monoisotopic (exact) mass is 381 g/mol. The average molecular weight is 381 g/mol. The molecule has 4 rings (SSSR count). The van der Waals surface area contributed by atoms with E-state index in [2.05, 4.69) is 19.8 Å². The zero-order valence-corrected chi connectivity index (χ0v) is 15.3. The van der Waals surface area contributed by atoms with Crippen molar-refractivity contribution in [2.24, 2.45) is 0 Å². The molecule has 6 nitrogen and oxygen atoms in total. The van der Waals surface area contributed by atoms with Crippen molar-refractivity contribution in [2.45, 2.75) is 6.61 Å². The molecule has 2 heterocycles. The molecule has 2 aromatic heterocycles. The summed E-state index contributed by atoms with van der Waals surface area (Å²) in [6.07, 6.45) is 1.45. The number of anilines is 1. The van der Waals surface area contributed by atoms with Crippen LogP contribution in [0.4, 0.5) is 14.5 Å². The molecule has 4 aromatic rings. The van der Waals surface area contributed by atoms with E-state index >= 15 is 0 Å². The average Bonchev–Trinajstić information content (AvgIpc) is 3.16. The number of hydrogen-bond acceptors (Lipinski definition) is 5. The second-order valence-corrected chi connectivity index (χ2v) is 6.34. The molecule has 0 spiro atoms. The first-order valence-electron chi connectivity index (χ1n) is 8.55. The molecule has 0 saturated heterocycles. The number of nitrogens with zero attached hydrogens (tertiary/aromatic N) is 5. The summed E-state index contributed by atoms with van der Waals surface area (Å²) in [6.45, 7) is -2.85. The predicted octanol–water partition coefficient (Wildman–Crippen LogP) is 4.13. The molecule has 2 aromatic carbocycles. The van der Waals surface area contributed by atoms with Gasteiger partial charge in [0.25, 0.3) is 5.78 Å². The summed E-state index contributed by atoms with van der Waals surface area (Å²) < 4.78 is 30.8. The van der Waals surface area contributed by atoms with Crippen molar-refractivity contribution >= 4 is 11.5 Å². The van der Waals surface area contributed by atoms with E-state index in [-0.39, 0.29) is 5.75 Å². The summed E-state index contributed by atoms with van der Waals surface area (Å²) in [5.74, 6) is 0.555. The Bertz CT molecular complexity index is 1090. The zero-order chi connectivity index (χ0) is 19.7. The fourth-order valence-electron chi connectivity index (χ4n) is 2.90. The van der Waals surface area contributed by atoms with Gasteiger partial charge < -0.3 is 9.64 Å². The predicted molar refractivity (Wildman–Crippen MR) is 103 cm³/mol. The topological polar surface area (TPSA) is 55.5 Å². The zero-order valence-electron chi connectivity index (χ0n) is 15.3. The van der Waals surface area contributed by atoms with E-state index in [1.165, 1.54) is 18.5 Å². The van der Waals surface area contributed by atoms with Crippen LogP contribution < -0.4 is 9.64 Å². The van der Waals surface area contributed by atoms with Crippen molar-refractivity contribution in [3.63, 3.8) is 0 Å². The molecule has 0 N–H and O–H groups in total. The Kier molecular flexibility index (Phi) is 4.60. The van der Waals surface area contributed by atoms with Gasteiger partial charge in [-0.15, -0.1) is 0 Å². The van der Waals surface area contributed by atoms with Gasteiger partial charge in [-0.3, -0.25) is 0 Å². The molecule has 8 heteroatoms. The number of hydrogen-bond donors (Lipinski definition) is 0. The van der Waals surface area contributed by atoms with Gasteiger partial charge >= 0.3 is 6.61 Å². The highest BCUT2D eigenvalue weighted by Crippen LogP contribution is 2.28. The molecule has 0 radical (unpaired) electrons. The van der Waals surface area contributed by atoms with Crippen molar-refractivity contribution in [3.05, 3.63) is 60.9 Å². The SMILES string of the molecule is CN(C)c1ccc(-c2cc(-c3ccc(OC(F)F)cc3)nc3ncnn23)cc1. The van der Waals surface area contributed by atoms with Crippen molar-refractivity contribution in [2.75, 3.05) is 19.0 Å². The van der Waals surface area contributed by atoms with Crippen molar-refractivity contribution in [1.82, 2.24) is 19.6 Å². The first-order valence-corrected chi connectivity index (χ1v) is 8.55. The molecule has 28 heavy (non-hydrogen) atoms. The van der Waals surface area contributed by atoms with Gasteiger partial charge in [-0.2, -0.15) is 23.4 Å². The number of benzene rings is 2. The quantitative estimate of drug-likeness (QED) is 0.520. The highest BCUT2D eigenvalue weighted by atomic mass is 19.3. The van der Waals surface area contributed by atoms with Crippen LogP contribution in [0.1, 0.15) is 0 Å². The van der Waals surface area contributed by atoms with Crippen LogP contribution in [0.3, 0.4) is 0 Å². The number of aromatic nitrogens is 4. The lowest BCUT2D eigenvalue weighted by molar-refractivity contribution is -0.0498. The number of fused-ring (bicyclic) bond motifs is 1. The fraction of sp³-hybridized carbons (Fsp3) is 0.150. The van der Waals surface area contributed by atoms with Gasteiger partial charge in [0.15, 0.2) is 0 Å². The smallest absolute Gasteiger partial charge is 0.387 e. The van der Waals surface area contributed by atoms with Crippen LogP contribution in [0, 0.1) is 0 Å². The largest absolute Gasteiger partial charge is 0.435 e. The van der Waals surface area contributed by atoms with E-state index in [9.17, 15) is 8.78 Å². The minimum Gasteiger partial charge on any atom is -0.435 e. The van der Waals surface area contributed by atoms with Gasteiger partial charge in [0.05, 0.1) is 11.4 Å². The molecular weight excluding hydrogens is 364 g/mol. The van der Waals surface area contributed by atoms with Gasteiger partial charge in [0.1, 0.15) is 12.1 Å². The molecule has 0 aliphatic heterocycles. The molecule has 0 amide bonds. The Hall–Kier alpha value is -3.55. The van der Waals surface area contributed by atoms with Crippen molar-refractivity contribution < 1.29 is 13.5 Å². The highest BCUT2D eigenvalue weighted by Gasteiger charge is 2.12. The summed E-state index contributed by atoms with van der Waals surface area (Å²) in [5, 5.41) is 4.26. The minimum absolute atomic E-state index is 0.0989. The summed E-state index contributed by atoms with van der Waals surface area (Å²) >= 11 is 0. The maximum Gasteiger partial charge on any atom is 0.387 e. The van der Waals surface area contributed by atoms with Crippen molar-refractivity contribution in [1.29, 1.82) is 0 Å². The molecule has 0 unspecified atom stereocenters. The van der Waals surface area contributed by atoms with E-state index in [1.807, 2.05) is 49.3 Å². The molecular formula is C20H17F2N5O. The Morgan fingerprint density at radius 1 is 0.964 bits per heavy atom. The Morgan fingerprint density at radius 3 is 2.29 bits per heavy atom. The van der Waals surface area contributed by atoms with E-state index in [4.69, 9.17) is 0 Å². The number of ether oxygens (including phenoxy) is 1. The van der Waals surface area contributed by atoms with Crippen LogP contribution in [0.25, 0.3) is 28.3 Å². The van der Waals surface area contributed by atoms with Crippen LogP contribution in [0.15, 0.2) is 60.9 Å². The van der Waals surface area contributed by atoms with Crippen LogP contribution >= 0.6 is 0 Å². The lowest BCUT2D eigenvalue weighted by Gasteiger charge is -2.13. The van der Waals surface area contributed by atoms with Crippen LogP contribution in [-0.4, -0.2) is 40.3 Å². The third-order valence-electron chi connectivity index (χ3n) is 4.31. The second kappa shape index (κ2) is 7.22. The molecule has 0 bridgehead atoms. The molecule has 0 atom stereocenters. The summed E-state index contributed by atoms with van der Waals surface area (Å²) in [4.78, 5) is 10.7. The molecule has 0 fully saturated rings. The summed E-state index contributed by atoms with van der Waals surface area (Å²) in [7, 11) is 3.97. The minimum atomic E-state index is -2.85. The van der Waals surface area contributed by atoms with Gasteiger partial charge in [0, 0.05) is 30.9 Å².